The van der Waals surface area contributed by atoms with Crippen LogP contribution in [-0.4, -0.2) is 34.1 Å². The highest BCUT2D eigenvalue weighted by Crippen LogP contribution is 2.14. The molecule has 1 saturated carbocycles. The van der Waals surface area contributed by atoms with Crippen molar-refractivity contribution in [3.8, 4) is 0 Å². The van der Waals surface area contributed by atoms with Crippen molar-refractivity contribution in [1.29, 1.82) is 0 Å². The standard InChI is InChI=1S/C7H11NO3.C2H4O2/c9-6-3-1-5(2-4-6)8-7(10)11;1-2(3)4/h5,8H,1-4H2,(H,10,11);1H3,(H,3,4). The molecule has 1 aliphatic rings. The van der Waals surface area contributed by atoms with Crippen LogP contribution in [0, 0.1) is 0 Å². The van der Waals surface area contributed by atoms with Crippen LogP contribution in [0.3, 0.4) is 0 Å². The van der Waals surface area contributed by atoms with E-state index in [4.69, 9.17) is 15.0 Å². The van der Waals surface area contributed by atoms with Crippen LogP contribution in [-0.2, 0) is 9.59 Å². The summed E-state index contributed by atoms with van der Waals surface area (Å²) in [5.41, 5.74) is 0. The van der Waals surface area contributed by atoms with Crippen molar-refractivity contribution in [3.63, 3.8) is 0 Å². The van der Waals surface area contributed by atoms with Crippen molar-refractivity contribution < 1.29 is 24.6 Å². The summed E-state index contributed by atoms with van der Waals surface area (Å²) in [4.78, 5) is 29.9. The zero-order valence-corrected chi connectivity index (χ0v) is 8.52. The lowest BCUT2D eigenvalue weighted by Gasteiger charge is -2.20. The van der Waals surface area contributed by atoms with E-state index in [0.717, 1.165) is 6.92 Å². The van der Waals surface area contributed by atoms with E-state index in [-0.39, 0.29) is 11.8 Å². The van der Waals surface area contributed by atoms with E-state index in [0.29, 0.717) is 25.7 Å². The molecule has 0 atom stereocenters. The number of carboxylic acid groups (broad SMARTS) is 2. The van der Waals surface area contributed by atoms with Crippen molar-refractivity contribution in [2.45, 2.75) is 38.6 Å². The number of carbonyl (C=O) groups is 3. The molecule has 0 heterocycles. The SMILES string of the molecule is CC(=O)O.O=C1CCC(NC(=O)O)CC1. The van der Waals surface area contributed by atoms with E-state index in [1.165, 1.54) is 0 Å². The van der Waals surface area contributed by atoms with Gasteiger partial charge in [-0.15, -0.1) is 0 Å². The van der Waals surface area contributed by atoms with Gasteiger partial charge >= 0.3 is 6.09 Å². The highest BCUT2D eigenvalue weighted by molar-refractivity contribution is 5.79. The number of amides is 1. The van der Waals surface area contributed by atoms with Gasteiger partial charge < -0.3 is 15.5 Å². The smallest absolute Gasteiger partial charge is 0.404 e. The first-order valence-corrected chi connectivity index (χ1v) is 4.62. The Labute approximate surface area is 87.3 Å². The molecule has 0 aliphatic heterocycles. The van der Waals surface area contributed by atoms with Crippen LogP contribution in [0.15, 0.2) is 0 Å². The fraction of sp³-hybridized carbons (Fsp3) is 0.667. The summed E-state index contributed by atoms with van der Waals surface area (Å²) in [6.45, 7) is 1.08. The molecule has 0 bridgehead atoms. The Morgan fingerprint density at radius 2 is 1.67 bits per heavy atom. The minimum Gasteiger partial charge on any atom is -0.481 e. The maximum Gasteiger partial charge on any atom is 0.404 e. The van der Waals surface area contributed by atoms with E-state index in [9.17, 15) is 9.59 Å². The van der Waals surface area contributed by atoms with Gasteiger partial charge in [-0.05, 0) is 12.8 Å². The number of hydrogen-bond donors (Lipinski definition) is 3. The molecular weight excluding hydrogens is 202 g/mol. The van der Waals surface area contributed by atoms with E-state index in [2.05, 4.69) is 5.32 Å². The zero-order valence-electron chi connectivity index (χ0n) is 8.52. The van der Waals surface area contributed by atoms with Crippen molar-refractivity contribution in [3.05, 3.63) is 0 Å². The molecule has 1 rings (SSSR count). The molecule has 15 heavy (non-hydrogen) atoms. The molecule has 6 nitrogen and oxygen atoms in total. The lowest BCUT2D eigenvalue weighted by molar-refractivity contribution is -0.134. The molecule has 6 heteroatoms. The van der Waals surface area contributed by atoms with Gasteiger partial charge in [0.1, 0.15) is 5.78 Å². The summed E-state index contributed by atoms with van der Waals surface area (Å²) in [6, 6.07) is -0.00907. The molecule has 0 saturated heterocycles. The van der Waals surface area contributed by atoms with Crippen molar-refractivity contribution in [1.82, 2.24) is 5.32 Å². The summed E-state index contributed by atoms with van der Waals surface area (Å²) in [7, 11) is 0. The lowest BCUT2D eigenvalue weighted by Crippen LogP contribution is -2.36. The number of carbonyl (C=O) groups excluding carboxylic acids is 1. The Kier molecular flexibility index (Phi) is 6.08. The normalized spacial score (nSPS) is 16.2. The Morgan fingerprint density at radius 3 is 2.00 bits per heavy atom. The highest BCUT2D eigenvalue weighted by atomic mass is 16.4. The minimum atomic E-state index is -0.996. The zero-order chi connectivity index (χ0) is 11.8. The molecule has 0 aromatic heterocycles. The van der Waals surface area contributed by atoms with Crippen molar-refractivity contribution in [2.24, 2.45) is 0 Å². The maximum atomic E-state index is 10.7. The van der Waals surface area contributed by atoms with Gasteiger partial charge in [-0.25, -0.2) is 4.79 Å². The molecular formula is C9H15NO5. The summed E-state index contributed by atoms with van der Waals surface area (Å²) in [5, 5.41) is 18.1. The molecule has 1 fully saturated rings. The summed E-state index contributed by atoms with van der Waals surface area (Å²) < 4.78 is 0. The second-order valence-corrected chi connectivity index (χ2v) is 3.28. The van der Waals surface area contributed by atoms with Crippen LogP contribution in [0.2, 0.25) is 0 Å². The van der Waals surface area contributed by atoms with Gasteiger partial charge in [0, 0.05) is 25.8 Å². The molecule has 0 unspecified atom stereocenters. The molecule has 86 valence electrons. The molecule has 0 aromatic rings. The monoisotopic (exact) mass is 217 g/mol. The fourth-order valence-electron chi connectivity index (χ4n) is 1.26. The number of carboxylic acids is 1. The predicted octanol–water partition coefficient (Wildman–Crippen LogP) is 0.857. The van der Waals surface area contributed by atoms with Gasteiger partial charge in [-0.3, -0.25) is 9.59 Å². The number of hydrogen-bond acceptors (Lipinski definition) is 3. The average Bonchev–Trinajstić information content (AvgIpc) is 2.07. The number of aliphatic carboxylic acids is 1. The van der Waals surface area contributed by atoms with Crippen LogP contribution in [0.1, 0.15) is 32.6 Å². The van der Waals surface area contributed by atoms with E-state index < -0.39 is 12.1 Å². The summed E-state index contributed by atoms with van der Waals surface area (Å²) >= 11 is 0. The summed E-state index contributed by atoms with van der Waals surface area (Å²) in [6.07, 6.45) is 1.36. The number of ketones is 1. The van der Waals surface area contributed by atoms with Gasteiger partial charge in [-0.1, -0.05) is 0 Å². The molecule has 0 spiro atoms. The third-order valence-electron chi connectivity index (χ3n) is 1.87. The van der Waals surface area contributed by atoms with Crippen molar-refractivity contribution in [2.75, 3.05) is 0 Å². The van der Waals surface area contributed by atoms with Crippen LogP contribution in [0.25, 0.3) is 0 Å². The lowest BCUT2D eigenvalue weighted by atomic mass is 9.95. The van der Waals surface area contributed by atoms with E-state index in [1.54, 1.807) is 0 Å². The van der Waals surface area contributed by atoms with Gasteiger partial charge in [0.25, 0.3) is 5.97 Å². The highest BCUT2D eigenvalue weighted by Gasteiger charge is 2.19. The van der Waals surface area contributed by atoms with Crippen molar-refractivity contribution >= 4 is 17.8 Å². The quantitative estimate of drug-likeness (QED) is 0.604. The first-order chi connectivity index (χ1) is 6.91. The van der Waals surface area contributed by atoms with E-state index >= 15 is 0 Å². The molecule has 3 N–H and O–H groups in total. The third kappa shape index (κ3) is 8.73. The number of Topliss-reactive ketones (excluding diaryl/α,β-unsaturated/α-hetero) is 1. The third-order valence-corrected chi connectivity index (χ3v) is 1.87. The van der Waals surface area contributed by atoms with Crippen LogP contribution in [0.5, 0.6) is 0 Å². The topological polar surface area (TPSA) is 104 Å². The molecule has 0 aromatic carbocycles. The Bertz CT molecular complexity index is 237. The van der Waals surface area contributed by atoms with E-state index in [1.807, 2.05) is 0 Å². The van der Waals surface area contributed by atoms with Gasteiger partial charge in [0.15, 0.2) is 0 Å². The van der Waals surface area contributed by atoms with Gasteiger partial charge in [-0.2, -0.15) is 0 Å². The predicted molar refractivity (Wildman–Crippen MR) is 51.7 cm³/mol. The average molecular weight is 217 g/mol. The second-order valence-electron chi connectivity index (χ2n) is 3.28. The minimum absolute atomic E-state index is 0.00907. The first kappa shape index (κ1) is 13.4. The number of nitrogens with one attached hydrogen (secondary N) is 1. The molecule has 0 radical (unpaired) electrons. The van der Waals surface area contributed by atoms with Gasteiger partial charge in [0.05, 0.1) is 0 Å². The maximum absolute atomic E-state index is 10.7. The molecule has 1 amide bonds. The Hall–Kier alpha value is -1.59. The Balaban J connectivity index is 0.000000423. The van der Waals surface area contributed by atoms with Crippen LogP contribution in [0.4, 0.5) is 4.79 Å². The fourth-order valence-corrected chi connectivity index (χ4v) is 1.26. The summed E-state index contributed by atoms with van der Waals surface area (Å²) in [5.74, 6) is -0.589. The Morgan fingerprint density at radius 1 is 1.27 bits per heavy atom. The number of rotatable bonds is 1. The van der Waals surface area contributed by atoms with Crippen LogP contribution >= 0.6 is 0 Å². The first-order valence-electron chi connectivity index (χ1n) is 4.62. The largest absolute Gasteiger partial charge is 0.481 e. The van der Waals surface area contributed by atoms with Crippen LogP contribution < -0.4 is 5.32 Å². The molecule has 1 aliphatic carbocycles. The second kappa shape index (κ2) is 6.80. The van der Waals surface area contributed by atoms with Gasteiger partial charge in [0.2, 0.25) is 0 Å².